The lowest BCUT2D eigenvalue weighted by atomic mass is 10.4. The Balaban J connectivity index is 2.78. The second kappa shape index (κ2) is 4.73. The van der Waals surface area contributed by atoms with Gasteiger partial charge >= 0.3 is 0 Å². The minimum Gasteiger partial charge on any atom is -0.314 e. The molecule has 0 aromatic heterocycles. The third kappa shape index (κ3) is 2.23. The van der Waals surface area contributed by atoms with Gasteiger partial charge in [-0.2, -0.15) is 9.57 Å². The van der Waals surface area contributed by atoms with Crippen molar-refractivity contribution in [2.75, 3.05) is 26.2 Å². The van der Waals surface area contributed by atoms with Crippen LogP contribution in [0.4, 0.5) is 0 Å². The summed E-state index contributed by atoms with van der Waals surface area (Å²) in [6, 6.07) is 1.84. The number of hydrogen-bond donors (Lipinski definition) is 1. The number of piperazine rings is 1. The lowest BCUT2D eigenvalue weighted by molar-refractivity contribution is 0.357. The van der Waals surface area contributed by atoms with Crippen molar-refractivity contribution in [3.63, 3.8) is 0 Å². The first kappa shape index (κ1) is 11.4. The quantitative estimate of drug-likeness (QED) is 0.693. The van der Waals surface area contributed by atoms with Crippen LogP contribution in [0.25, 0.3) is 0 Å². The van der Waals surface area contributed by atoms with Gasteiger partial charge in [0, 0.05) is 26.2 Å². The first-order valence-electron chi connectivity index (χ1n) is 4.72. The molecular weight excluding hydrogens is 202 g/mol. The molecule has 80 valence electrons. The van der Waals surface area contributed by atoms with E-state index >= 15 is 0 Å². The summed E-state index contributed by atoms with van der Waals surface area (Å²) in [6.45, 7) is 4.00. The van der Waals surface area contributed by atoms with Gasteiger partial charge in [0.2, 0.25) is 10.0 Å². The standard InChI is InChI=1S/C8H15N3O2S/c1-2-8(7-9)14(12,13)11-5-3-10-4-6-11/h8,10H,2-6H2,1H3. The Morgan fingerprint density at radius 2 is 2.07 bits per heavy atom. The minimum atomic E-state index is -3.39. The van der Waals surface area contributed by atoms with Crippen molar-refractivity contribution in [3.05, 3.63) is 0 Å². The van der Waals surface area contributed by atoms with E-state index in [0.29, 0.717) is 32.6 Å². The normalized spacial score (nSPS) is 21.4. The topological polar surface area (TPSA) is 73.2 Å². The molecule has 1 saturated heterocycles. The molecule has 1 aliphatic rings. The average molecular weight is 217 g/mol. The van der Waals surface area contributed by atoms with Gasteiger partial charge in [0.15, 0.2) is 5.25 Å². The number of nitrogens with one attached hydrogen (secondary N) is 1. The lowest BCUT2D eigenvalue weighted by Gasteiger charge is -2.28. The molecular formula is C8H15N3O2S. The smallest absolute Gasteiger partial charge is 0.230 e. The molecule has 0 saturated carbocycles. The second-order valence-corrected chi connectivity index (χ2v) is 5.34. The Morgan fingerprint density at radius 1 is 1.50 bits per heavy atom. The van der Waals surface area contributed by atoms with Gasteiger partial charge in [0.05, 0.1) is 6.07 Å². The summed E-state index contributed by atoms with van der Waals surface area (Å²) in [5.74, 6) is 0. The zero-order valence-corrected chi connectivity index (χ0v) is 9.05. The predicted octanol–water partition coefficient (Wildman–Crippen LogP) is -0.476. The predicted molar refractivity (Wildman–Crippen MR) is 53.1 cm³/mol. The van der Waals surface area contributed by atoms with E-state index in [1.54, 1.807) is 6.92 Å². The highest BCUT2D eigenvalue weighted by atomic mass is 32.2. The molecule has 0 radical (unpaired) electrons. The van der Waals surface area contributed by atoms with E-state index < -0.39 is 15.3 Å². The molecule has 5 nitrogen and oxygen atoms in total. The van der Waals surface area contributed by atoms with Crippen molar-refractivity contribution >= 4 is 10.0 Å². The number of hydrogen-bond acceptors (Lipinski definition) is 4. The number of sulfonamides is 1. The third-order valence-electron chi connectivity index (χ3n) is 2.31. The van der Waals surface area contributed by atoms with E-state index in [1.165, 1.54) is 4.31 Å². The Labute approximate surface area is 84.8 Å². The molecule has 6 heteroatoms. The van der Waals surface area contributed by atoms with Crippen LogP contribution in [0.2, 0.25) is 0 Å². The van der Waals surface area contributed by atoms with Gasteiger partial charge in [-0.1, -0.05) is 6.92 Å². The second-order valence-electron chi connectivity index (χ2n) is 3.22. The molecule has 1 heterocycles. The lowest BCUT2D eigenvalue weighted by Crippen LogP contribution is -2.49. The van der Waals surface area contributed by atoms with Crippen molar-refractivity contribution in [2.24, 2.45) is 0 Å². The first-order chi connectivity index (χ1) is 6.62. The maximum Gasteiger partial charge on any atom is 0.230 e. The summed E-state index contributed by atoms with van der Waals surface area (Å²) < 4.78 is 25.1. The van der Waals surface area contributed by atoms with E-state index in [4.69, 9.17) is 5.26 Å². The Bertz CT molecular complexity index is 314. The summed E-state index contributed by atoms with van der Waals surface area (Å²) in [4.78, 5) is 0. The Morgan fingerprint density at radius 3 is 2.50 bits per heavy atom. The average Bonchev–Trinajstić information content (AvgIpc) is 2.20. The van der Waals surface area contributed by atoms with Crippen LogP contribution in [0.1, 0.15) is 13.3 Å². The molecule has 1 N–H and O–H groups in total. The van der Waals surface area contributed by atoms with Crippen LogP contribution in [-0.2, 0) is 10.0 Å². The SMILES string of the molecule is CCC(C#N)S(=O)(=O)N1CCNCC1. The van der Waals surface area contributed by atoms with E-state index in [-0.39, 0.29) is 0 Å². The molecule has 0 spiro atoms. The van der Waals surface area contributed by atoms with Crippen LogP contribution in [0.15, 0.2) is 0 Å². The highest BCUT2D eigenvalue weighted by molar-refractivity contribution is 7.90. The van der Waals surface area contributed by atoms with E-state index in [1.807, 2.05) is 6.07 Å². The monoisotopic (exact) mass is 217 g/mol. The zero-order chi connectivity index (χ0) is 10.6. The maximum atomic E-state index is 11.8. The van der Waals surface area contributed by atoms with E-state index in [0.717, 1.165) is 0 Å². The molecule has 1 fully saturated rings. The van der Waals surface area contributed by atoms with Crippen molar-refractivity contribution in [3.8, 4) is 6.07 Å². The number of nitrogens with zero attached hydrogens (tertiary/aromatic N) is 2. The zero-order valence-electron chi connectivity index (χ0n) is 8.23. The first-order valence-corrected chi connectivity index (χ1v) is 6.22. The fourth-order valence-corrected chi connectivity index (χ4v) is 3.05. The molecule has 1 aliphatic heterocycles. The minimum absolute atomic E-state index is 0.350. The van der Waals surface area contributed by atoms with Crippen molar-refractivity contribution in [1.82, 2.24) is 9.62 Å². The Hall–Kier alpha value is -0.640. The summed E-state index contributed by atoms with van der Waals surface area (Å²) in [7, 11) is -3.39. The van der Waals surface area contributed by atoms with Crippen LogP contribution in [0.3, 0.4) is 0 Å². The molecule has 1 atom stereocenters. The van der Waals surface area contributed by atoms with E-state index in [2.05, 4.69) is 5.32 Å². The summed E-state index contributed by atoms with van der Waals surface area (Å²) in [6.07, 6.45) is 0.350. The molecule has 14 heavy (non-hydrogen) atoms. The Kier molecular flexibility index (Phi) is 3.86. The highest BCUT2D eigenvalue weighted by Gasteiger charge is 2.31. The molecule has 1 unspecified atom stereocenters. The van der Waals surface area contributed by atoms with E-state index in [9.17, 15) is 8.42 Å². The fourth-order valence-electron chi connectivity index (χ4n) is 1.45. The van der Waals surface area contributed by atoms with Crippen LogP contribution in [0.5, 0.6) is 0 Å². The number of rotatable bonds is 3. The highest BCUT2D eigenvalue weighted by Crippen LogP contribution is 2.12. The van der Waals surface area contributed by atoms with Crippen molar-refractivity contribution in [2.45, 2.75) is 18.6 Å². The molecule has 1 rings (SSSR count). The summed E-state index contributed by atoms with van der Waals surface area (Å²) >= 11 is 0. The van der Waals surface area contributed by atoms with Gasteiger partial charge in [-0.15, -0.1) is 0 Å². The molecule has 0 amide bonds. The molecule has 0 bridgehead atoms. The van der Waals surface area contributed by atoms with Gasteiger partial charge < -0.3 is 5.32 Å². The van der Waals surface area contributed by atoms with Crippen molar-refractivity contribution < 1.29 is 8.42 Å². The maximum absolute atomic E-state index is 11.8. The van der Waals surface area contributed by atoms with Gasteiger partial charge in [-0.05, 0) is 6.42 Å². The van der Waals surface area contributed by atoms with Crippen molar-refractivity contribution in [1.29, 1.82) is 5.26 Å². The summed E-state index contributed by atoms with van der Waals surface area (Å²) in [5.41, 5.74) is 0. The van der Waals surface area contributed by atoms with Crippen LogP contribution in [-0.4, -0.2) is 44.2 Å². The van der Waals surface area contributed by atoms with Crippen LogP contribution < -0.4 is 5.32 Å². The molecule has 0 aliphatic carbocycles. The van der Waals surface area contributed by atoms with Gasteiger partial charge in [-0.3, -0.25) is 0 Å². The number of nitriles is 1. The third-order valence-corrected chi connectivity index (χ3v) is 4.55. The largest absolute Gasteiger partial charge is 0.314 e. The van der Waals surface area contributed by atoms with Gasteiger partial charge in [-0.25, -0.2) is 8.42 Å². The summed E-state index contributed by atoms with van der Waals surface area (Å²) in [5, 5.41) is 10.9. The van der Waals surface area contributed by atoms with Gasteiger partial charge in [0.25, 0.3) is 0 Å². The molecule has 0 aromatic carbocycles. The van der Waals surface area contributed by atoms with Crippen LogP contribution >= 0.6 is 0 Å². The van der Waals surface area contributed by atoms with Gasteiger partial charge in [0.1, 0.15) is 0 Å². The molecule has 0 aromatic rings. The van der Waals surface area contributed by atoms with Crippen LogP contribution in [0, 0.1) is 11.3 Å². The fraction of sp³-hybridized carbons (Fsp3) is 0.875.